The van der Waals surface area contributed by atoms with E-state index in [-0.39, 0.29) is 5.56 Å². The van der Waals surface area contributed by atoms with Crippen LogP contribution >= 0.6 is 0 Å². The van der Waals surface area contributed by atoms with Gasteiger partial charge in [-0.15, -0.1) is 0 Å². The maximum Gasteiger partial charge on any atom is 0.251 e. The van der Waals surface area contributed by atoms with Crippen molar-refractivity contribution in [3.05, 3.63) is 29.8 Å². The lowest BCUT2D eigenvalue weighted by Gasteiger charge is -2.51. The predicted octanol–water partition coefficient (Wildman–Crippen LogP) is -6.00. The Labute approximate surface area is 508 Å². The van der Waals surface area contributed by atoms with Crippen molar-refractivity contribution in [3.8, 4) is 5.75 Å². The van der Waals surface area contributed by atoms with Gasteiger partial charge in [-0.05, 0) is 24.6 Å². The van der Waals surface area contributed by atoms with Crippen LogP contribution in [0.15, 0.2) is 24.3 Å². The number of ether oxygens (including phenoxy) is 10. The molecule has 88 heavy (non-hydrogen) atoms. The Kier molecular flexibility index (Phi) is 28.7. The van der Waals surface area contributed by atoms with Crippen LogP contribution in [0.3, 0.4) is 0 Å². The smallest absolute Gasteiger partial charge is 0.251 e. The number of rotatable bonds is 30. The number of benzene rings is 1. The molecule has 5 saturated heterocycles. The van der Waals surface area contributed by atoms with Gasteiger partial charge in [0, 0.05) is 33.3 Å². The average Bonchev–Trinajstić information content (AvgIpc) is 1.44. The van der Waals surface area contributed by atoms with Crippen molar-refractivity contribution in [2.45, 2.75) is 246 Å². The summed E-state index contributed by atoms with van der Waals surface area (Å²) in [6.07, 6.45) is -25.8. The highest BCUT2D eigenvalue weighted by Gasteiger charge is 2.58. The average molecular weight is 1270 g/mol. The number of aliphatic hydroxyl groups excluding tert-OH is 12. The number of aliphatic hydroxyl groups is 12. The van der Waals surface area contributed by atoms with E-state index in [0.29, 0.717) is 12.4 Å². The lowest BCUT2D eigenvalue weighted by atomic mass is 9.93. The highest BCUT2D eigenvalue weighted by atomic mass is 16.8. The fourth-order valence-electron chi connectivity index (χ4n) is 11.4. The van der Waals surface area contributed by atoms with Crippen LogP contribution in [0.2, 0.25) is 0 Å². The highest BCUT2D eigenvalue weighted by Crippen LogP contribution is 2.36. The summed E-state index contributed by atoms with van der Waals surface area (Å²) < 4.78 is 59.9. The second-order valence-electron chi connectivity index (χ2n) is 22.6. The molecule has 25 atom stereocenters. The maximum atomic E-state index is 13.9. The summed E-state index contributed by atoms with van der Waals surface area (Å²) in [6.45, 7) is 2.10. The van der Waals surface area contributed by atoms with Crippen molar-refractivity contribution in [1.82, 2.24) is 26.6 Å². The van der Waals surface area contributed by atoms with Crippen molar-refractivity contribution >= 4 is 29.5 Å². The lowest BCUT2D eigenvalue weighted by molar-refractivity contribution is -0.367. The van der Waals surface area contributed by atoms with Gasteiger partial charge in [-0.3, -0.25) is 24.0 Å². The molecule has 502 valence electrons. The Morgan fingerprint density at radius 1 is 0.420 bits per heavy atom. The van der Waals surface area contributed by atoms with Gasteiger partial charge in [0.1, 0.15) is 128 Å². The van der Waals surface area contributed by atoms with E-state index in [1.165, 1.54) is 44.2 Å². The van der Waals surface area contributed by atoms with Gasteiger partial charge in [0.25, 0.3) is 5.91 Å². The van der Waals surface area contributed by atoms with Crippen LogP contribution in [-0.2, 0) is 61.8 Å². The van der Waals surface area contributed by atoms with Gasteiger partial charge in [-0.2, -0.15) is 0 Å². The van der Waals surface area contributed by atoms with Crippen molar-refractivity contribution in [1.29, 1.82) is 0 Å². The van der Waals surface area contributed by atoms with Crippen molar-refractivity contribution in [2.75, 3.05) is 39.6 Å². The first-order valence-electron chi connectivity index (χ1n) is 29.8. The van der Waals surface area contributed by atoms with Crippen LogP contribution in [0.1, 0.15) is 103 Å². The molecule has 32 nitrogen and oxygen atoms in total. The number of amides is 5. The Bertz CT molecular complexity index is 2350. The summed E-state index contributed by atoms with van der Waals surface area (Å²) in [5.41, 5.74) is 0.0716. The third-order valence-electron chi connectivity index (χ3n) is 15.9. The van der Waals surface area contributed by atoms with Gasteiger partial charge in [0.15, 0.2) is 31.5 Å². The molecule has 0 aliphatic carbocycles. The number of unbranched alkanes of at least 4 members (excludes halogenated alkanes) is 8. The van der Waals surface area contributed by atoms with Gasteiger partial charge in [-0.25, -0.2) is 0 Å². The van der Waals surface area contributed by atoms with E-state index in [4.69, 9.17) is 47.4 Å². The van der Waals surface area contributed by atoms with Crippen LogP contribution in [0.4, 0.5) is 0 Å². The largest absolute Gasteiger partial charge is 0.494 e. The molecule has 5 aliphatic rings. The molecular formula is C56H91N5O27. The highest BCUT2D eigenvalue weighted by molar-refractivity contribution is 5.94. The van der Waals surface area contributed by atoms with Gasteiger partial charge >= 0.3 is 0 Å². The maximum absolute atomic E-state index is 13.9. The van der Waals surface area contributed by atoms with E-state index in [0.717, 1.165) is 53.4 Å². The molecule has 5 fully saturated rings. The molecule has 5 aliphatic heterocycles. The first-order valence-corrected chi connectivity index (χ1v) is 29.8. The Balaban J connectivity index is 1.18. The predicted molar refractivity (Wildman–Crippen MR) is 297 cm³/mol. The van der Waals surface area contributed by atoms with Gasteiger partial charge in [-0.1, -0.05) is 64.4 Å². The van der Waals surface area contributed by atoms with Crippen molar-refractivity contribution in [2.24, 2.45) is 0 Å². The molecule has 13 unspecified atom stereocenters. The molecular weight excluding hydrogens is 1170 g/mol. The third kappa shape index (κ3) is 18.8. The molecule has 0 aromatic heterocycles. The summed E-state index contributed by atoms with van der Waals surface area (Å²) in [5, 5.41) is 145. The second-order valence-corrected chi connectivity index (χ2v) is 22.6. The molecule has 32 heteroatoms. The second kappa shape index (κ2) is 34.8. The minimum Gasteiger partial charge on any atom is -0.494 e. The van der Waals surface area contributed by atoms with Crippen LogP contribution in [0, 0.1) is 0 Å². The van der Waals surface area contributed by atoms with Crippen molar-refractivity contribution in [3.63, 3.8) is 0 Å². The van der Waals surface area contributed by atoms with E-state index >= 15 is 0 Å². The molecule has 17 N–H and O–H groups in total. The first kappa shape index (κ1) is 72.6. The van der Waals surface area contributed by atoms with Gasteiger partial charge in [0.2, 0.25) is 23.6 Å². The van der Waals surface area contributed by atoms with Gasteiger partial charge in [0.05, 0.1) is 39.6 Å². The quantitative estimate of drug-likeness (QED) is 0.0319. The third-order valence-corrected chi connectivity index (χ3v) is 15.9. The van der Waals surface area contributed by atoms with E-state index in [2.05, 4.69) is 33.5 Å². The first-order chi connectivity index (χ1) is 42.0. The van der Waals surface area contributed by atoms with Crippen LogP contribution in [-0.4, -0.2) is 284 Å². The van der Waals surface area contributed by atoms with Crippen LogP contribution in [0.25, 0.3) is 0 Å². The zero-order valence-electron chi connectivity index (χ0n) is 49.8. The van der Waals surface area contributed by atoms with E-state index in [1.54, 1.807) is 12.1 Å². The molecule has 6 rings (SSSR count). The fraction of sp³-hybridized carbons (Fsp3) is 0.804. The SMILES string of the molecule is CCCCCCCCCCCOc1cccc(C(=O)N[C@H]2C(O[C@H]3C(O)C(NC(C)=O)C(OC4C(CO)O[C@@H](O[C@H]5C(O)C(NC(C)=O)C(OC6C(CO)OC(O)[C@H](NC(C)=O)[C@H]6O)O[C@@H]5CO)[C@H](NC(C)=O)[C@H]4O)O[C@@H]3CO)OC(CO)[C@H](O)[C@@H]2O)c1. The van der Waals surface area contributed by atoms with Gasteiger partial charge < -0.3 is 135 Å². The number of carbonyl (C=O) groups excluding carboxylic acids is 5. The van der Waals surface area contributed by atoms with Crippen LogP contribution < -0.4 is 31.3 Å². The summed E-state index contributed by atoms with van der Waals surface area (Å²) in [6, 6.07) is -2.10. The minimum absolute atomic E-state index is 0.0716. The number of nitrogens with one attached hydrogen (secondary N) is 5. The Morgan fingerprint density at radius 3 is 1.15 bits per heavy atom. The molecule has 1 aromatic rings. The fourth-order valence-corrected chi connectivity index (χ4v) is 11.4. The Hall–Kier alpha value is -4.47. The molecule has 0 bridgehead atoms. The number of hydrogen-bond acceptors (Lipinski definition) is 27. The minimum atomic E-state index is -2.03. The van der Waals surface area contributed by atoms with E-state index in [1.807, 2.05) is 0 Å². The van der Waals surface area contributed by atoms with Crippen LogP contribution in [0.5, 0.6) is 5.75 Å². The normalized spacial score (nSPS) is 37.7. The lowest BCUT2D eigenvalue weighted by Crippen LogP contribution is -2.72. The number of carbonyl (C=O) groups is 5. The summed E-state index contributed by atoms with van der Waals surface area (Å²) in [7, 11) is 0. The topological polar surface area (TPSA) is 481 Å². The molecule has 0 radical (unpaired) electrons. The standard InChI is InChI=1S/C56H91N5O27/c1-6-7-8-9-10-11-12-13-14-18-79-30-17-15-16-29(19-30)51(77)61-37-42(72)41(71)31(20-62)81-53(37)86-48-33(22-64)83-55(39(44(48)74)59-27(4)69)88-50-35(24-66)84-56(40(46(50)76)60-28(5)70)87-49-34(23-65)82-54(38(45(49)75)58-26(3)68)85-47-32(21-63)80-52(78)36(43(47)73)57-25(2)67/h15-17,19,31-50,52-56,62-66,71-76,78H,6-14,18,20-24H2,1-5H3,(H,57,67)(H,58,68)(H,59,69)(H,60,70)(H,61,77)/t31?,32?,33-,34-,35?,36-,37-,38?,39?,40-,41+,42-,43-,44?,45?,46-,47?,48-,49-,50?,52?,53?,54?,55?,56+/m1/s1. The van der Waals surface area contributed by atoms with E-state index < -0.39 is 216 Å². The summed E-state index contributed by atoms with van der Waals surface area (Å²) in [5.74, 6) is -3.50. The zero-order valence-corrected chi connectivity index (χ0v) is 49.8. The molecule has 5 amide bonds. The van der Waals surface area contributed by atoms with E-state index in [9.17, 15) is 85.3 Å². The number of hydrogen-bond donors (Lipinski definition) is 17. The molecule has 1 aromatic carbocycles. The molecule has 0 saturated carbocycles. The molecule has 0 spiro atoms. The van der Waals surface area contributed by atoms with Crippen molar-refractivity contribution < 1.29 is 133 Å². The Morgan fingerprint density at radius 2 is 0.761 bits per heavy atom. The molecule has 5 heterocycles. The zero-order chi connectivity index (χ0) is 64.5. The summed E-state index contributed by atoms with van der Waals surface area (Å²) in [4.78, 5) is 64.1. The summed E-state index contributed by atoms with van der Waals surface area (Å²) >= 11 is 0. The monoisotopic (exact) mass is 1270 g/mol.